The zero-order chi connectivity index (χ0) is 15.8. The number of fused-ring (bicyclic) bond motifs is 2. The van der Waals surface area contributed by atoms with E-state index in [9.17, 15) is 10.1 Å². The fourth-order valence-electron chi connectivity index (χ4n) is 3.51. The van der Waals surface area contributed by atoms with E-state index in [1.54, 1.807) is 12.3 Å². The van der Waals surface area contributed by atoms with Crippen molar-refractivity contribution in [1.29, 1.82) is 5.26 Å². The van der Waals surface area contributed by atoms with Gasteiger partial charge in [-0.1, -0.05) is 18.2 Å². The molecule has 3 atom stereocenters. The number of rotatable bonds is 3. The Morgan fingerprint density at radius 2 is 2.26 bits per heavy atom. The molecule has 0 aliphatic carbocycles. The van der Waals surface area contributed by atoms with Crippen LogP contribution in [0.4, 0.5) is 0 Å². The monoisotopic (exact) mass is 324 g/mol. The van der Waals surface area contributed by atoms with Gasteiger partial charge < -0.3 is 10.6 Å². The third-order valence-electron chi connectivity index (χ3n) is 4.63. The highest BCUT2D eigenvalue weighted by atomic mass is 32.1. The van der Waals surface area contributed by atoms with Crippen LogP contribution in [0.2, 0.25) is 0 Å². The van der Waals surface area contributed by atoms with Crippen molar-refractivity contribution in [3.63, 3.8) is 0 Å². The first-order valence-electron chi connectivity index (χ1n) is 7.77. The number of thiazole rings is 1. The molecule has 0 radical (unpaired) electrons. The van der Waals surface area contributed by atoms with E-state index in [4.69, 9.17) is 0 Å². The second-order valence-electron chi connectivity index (χ2n) is 6.05. The molecule has 2 fully saturated rings. The van der Waals surface area contributed by atoms with Crippen LogP contribution < -0.4 is 10.6 Å². The van der Waals surface area contributed by atoms with Gasteiger partial charge >= 0.3 is 0 Å². The Kier molecular flexibility index (Phi) is 3.60. The van der Waals surface area contributed by atoms with E-state index in [0.29, 0.717) is 22.7 Å². The fraction of sp³-hybridized carbons (Fsp3) is 0.353. The number of hydrogen-bond acceptors (Lipinski definition) is 5. The van der Waals surface area contributed by atoms with Crippen LogP contribution in [0.25, 0.3) is 10.4 Å². The van der Waals surface area contributed by atoms with E-state index < -0.39 is 0 Å². The van der Waals surface area contributed by atoms with Gasteiger partial charge in [-0.25, -0.2) is 4.98 Å². The largest absolute Gasteiger partial charge is 0.346 e. The number of hydrogen-bond donors (Lipinski definition) is 2. The minimum Gasteiger partial charge on any atom is -0.346 e. The summed E-state index contributed by atoms with van der Waals surface area (Å²) in [5, 5.41) is 16.3. The molecule has 2 saturated heterocycles. The molecule has 116 valence electrons. The van der Waals surface area contributed by atoms with Gasteiger partial charge in [-0.15, -0.1) is 11.3 Å². The first-order valence-corrected chi connectivity index (χ1v) is 8.58. The van der Waals surface area contributed by atoms with Gasteiger partial charge in [0, 0.05) is 29.9 Å². The first kappa shape index (κ1) is 14.4. The van der Waals surface area contributed by atoms with Crippen molar-refractivity contribution >= 4 is 17.2 Å². The minimum absolute atomic E-state index is 0.116. The van der Waals surface area contributed by atoms with Crippen molar-refractivity contribution in [3.8, 4) is 16.5 Å². The van der Waals surface area contributed by atoms with E-state index in [0.717, 1.165) is 23.3 Å². The summed E-state index contributed by atoms with van der Waals surface area (Å²) in [6.07, 6.45) is 5.03. The number of nitrogens with one attached hydrogen (secondary N) is 2. The Morgan fingerprint density at radius 3 is 3.00 bits per heavy atom. The minimum atomic E-state index is -0.116. The molecule has 4 rings (SSSR count). The van der Waals surface area contributed by atoms with Crippen molar-refractivity contribution in [3.05, 3.63) is 41.0 Å². The van der Waals surface area contributed by atoms with Crippen molar-refractivity contribution < 1.29 is 4.79 Å². The quantitative estimate of drug-likeness (QED) is 0.908. The van der Waals surface area contributed by atoms with Gasteiger partial charge in [-0.05, 0) is 25.3 Å². The van der Waals surface area contributed by atoms with E-state index in [2.05, 4.69) is 21.7 Å². The van der Waals surface area contributed by atoms with E-state index in [-0.39, 0.29) is 11.9 Å². The number of amides is 1. The second kappa shape index (κ2) is 5.76. The Bertz CT molecular complexity index is 794. The molecule has 3 unspecified atom stereocenters. The van der Waals surface area contributed by atoms with Crippen LogP contribution >= 0.6 is 11.3 Å². The molecule has 2 aliphatic rings. The SMILES string of the molecule is N#Cc1ccccc1-c1cnc(C(=O)NC2CC3CCC2N3)s1. The molecule has 23 heavy (non-hydrogen) atoms. The van der Waals surface area contributed by atoms with Crippen LogP contribution in [-0.2, 0) is 0 Å². The normalized spacial score (nSPS) is 25.3. The Morgan fingerprint density at radius 1 is 1.39 bits per heavy atom. The molecule has 1 amide bonds. The third kappa shape index (κ3) is 2.62. The highest BCUT2D eigenvalue weighted by molar-refractivity contribution is 7.17. The molecule has 1 aromatic carbocycles. The van der Waals surface area contributed by atoms with Crippen molar-refractivity contribution in [2.75, 3.05) is 0 Å². The molecule has 2 aromatic rings. The zero-order valence-electron chi connectivity index (χ0n) is 12.5. The first-order chi connectivity index (χ1) is 11.2. The Labute approximate surface area is 138 Å². The van der Waals surface area contributed by atoms with Gasteiger partial charge in [0.15, 0.2) is 5.01 Å². The molecule has 2 N–H and O–H groups in total. The van der Waals surface area contributed by atoms with Crippen LogP contribution in [0.15, 0.2) is 30.5 Å². The predicted molar refractivity (Wildman–Crippen MR) is 88.1 cm³/mol. The number of nitrogens with zero attached hydrogens (tertiary/aromatic N) is 2. The van der Waals surface area contributed by atoms with Gasteiger partial charge in [-0.3, -0.25) is 4.79 Å². The Balaban J connectivity index is 1.51. The topological polar surface area (TPSA) is 77.8 Å². The van der Waals surface area contributed by atoms with E-state index in [1.165, 1.54) is 17.8 Å². The fourth-order valence-corrected chi connectivity index (χ4v) is 4.37. The van der Waals surface area contributed by atoms with Gasteiger partial charge in [-0.2, -0.15) is 5.26 Å². The lowest BCUT2D eigenvalue weighted by Crippen LogP contribution is -2.42. The van der Waals surface area contributed by atoms with E-state index >= 15 is 0 Å². The van der Waals surface area contributed by atoms with Gasteiger partial charge in [0.25, 0.3) is 5.91 Å². The number of carbonyl (C=O) groups is 1. The molecule has 3 heterocycles. The Hall–Kier alpha value is -2.23. The molecule has 2 bridgehead atoms. The molecule has 5 nitrogen and oxygen atoms in total. The molecule has 6 heteroatoms. The van der Waals surface area contributed by atoms with Crippen molar-refractivity contribution in [2.24, 2.45) is 0 Å². The summed E-state index contributed by atoms with van der Waals surface area (Å²) in [6.45, 7) is 0. The molecule has 1 aromatic heterocycles. The average molecular weight is 324 g/mol. The van der Waals surface area contributed by atoms with Crippen LogP contribution in [0.3, 0.4) is 0 Å². The van der Waals surface area contributed by atoms with Gasteiger partial charge in [0.2, 0.25) is 0 Å². The number of nitriles is 1. The number of aromatic nitrogens is 1. The summed E-state index contributed by atoms with van der Waals surface area (Å²) >= 11 is 1.33. The smallest absolute Gasteiger partial charge is 0.280 e. The maximum absolute atomic E-state index is 12.4. The summed E-state index contributed by atoms with van der Waals surface area (Å²) in [4.78, 5) is 17.5. The highest BCUT2D eigenvalue weighted by Gasteiger charge is 2.39. The maximum atomic E-state index is 12.4. The van der Waals surface area contributed by atoms with Gasteiger partial charge in [0.05, 0.1) is 16.5 Å². The lowest BCUT2D eigenvalue weighted by atomic mass is 9.95. The average Bonchev–Trinajstić information content (AvgIpc) is 3.31. The van der Waals surface area contributed by atoms with Gasteiger partial charge in [0.1, 0.15) is 0 Å². The summed E-state index contributed by atoms with van der Waals surface area (Å²) < 4.78 is 0. The number of benzene rings is 1. The molecule has 2 aliphatic heterocycles. The lowest BCUT2D eigenvalue weighted by molar-refractivity contribution is 0.0930. The predicted octanol–water partition coefficient (Wildman–Crippen LogP) is 2.30. The molecular weight excluding hydrogens is 308 g/mol. The second-order valence-corrected chi connectivity index (χ2v) is 7.08. The summed E-state index contributed by atoms with van der Waals surface area (Å²) in [5.74, 6) is -0.116. The highest BCUT2D eigenvalue weighted by Crippen LogP contribution is 2.30. The molecule has 0 saturated carbocycles. The molecule has 0 spiro atoms. The number of carbonyl (C=O) groups excluding carboxylic acids is 1. The maximum Gasteiger partial charge on any atom is 0.280 e. The van der Waals surface area contributed by atoms with Crippen LogP contribution in [0.1, 0.15) is 34.6 Å². The van der Waals surface area contributed by atoms with Crippen LogP contribution in [0.5, 0.6) is 0 Å². The molecular formula is C17H16N4OS. The summed E-state index contributed by atoms with van der Waals surface area (Å²) in [5.41, 5.74) is 1.42. The van der Waals surface area contributed by atoms with Crippen LogP contribution in [0, 0.1) is 11.3 Å². The van der Waals surface area contributed by atoms with Crippen molar-refractivity contribution in [1.82, 2.24) is 15.6 Å². The van der Waals surface area contributed by atoms with Crippen molar-refractivity contribution in [2.45, 2.75) is 37.4 Å². The van der Waals surface area contributed by atoms with Crippen LogP contribution in [-0.4, -0.2) is 29.0 Å². The summed E-state index contributed by atoms with van der Waals surface area (Å²) in [6, 6.07) is 10.7. The summed E-state index contributed by atoms with van der Waals surface area (Å²) in [7, 11) is 0. The van der Waals surface area contributed by atoms with E-state index in [1.807, 2.05) is 18.2 Å². The standard InChI is InChI=1S/C17H16N4OS/c18-8-10-3-1-2-4-12(10)15-9-19-17(23-15)16(22)21-14-7-11-5-6-13(14)20-11/h1-4,9,11,13-14,20H,5-7H2,(H,21,22). The zero-order valence-corrected chi connectivity index (χ0v) is 13.3. The third-order valence-corrected chi connectivity index (χ3v) is 5.66. The lowest BCUT2D eigenvalue weighted by Gasteiger charge is -2.20.